The van der Waals surface area contributed by atoms with Crippen LogP contribution < -0.4 is 0 Å². The Morgan fingerprint density at radius 2 is 2.15 bits per heavy atom. The third-order valence-electron chi connectivity index (χ3n) is 3.88. The van der Waals surface area contributed by atoms with Crippen molar-refractivity contribution < 1.29 is 15.0 Å². The van der Waals surface area contributed by atoms with E-state index in [0.717, 1.165) is 13.0 Å². The van der Waals surface area contributed by atoms with Gasteiger partial charge in [-0.3, -0.25) is 9.69 Å². The fraction of sp³-hybridized carbons (Fsp3) is 0.500. The molecule has 2 N–H and O–H groups in total. The summed E-state index contributed by atoms with van der Waals surface area (Å²) < 4.78 is 0. The molecule has 1 fully saturated rings. The second kappa shape index (κ2) is 6.20. The zero-order chi connectivity index (χ0) is 14.9. The molecule has 2 rings (SSSR count). The number of aromatic hydroxyl groups is 1. The van der Waals surface area contributed by atoms with Gasteiger partial charge in [0, 0.05) is 18.2 Å². The molecule has 0 saturated carbocycles. The van der Waals surface area contributed by atoms with E-state index in [2.05, 4.69) is 0 Å². The molecule has 1 aromatic carbocycles. The highest BCUT2D eigenvalue weighted by atomic mass is 35.5. The minimum atomic E-state index is -0.775. The van der Waals surface area contributed by atoms with Crippen LogP contribution in [0.1, 0.15) is 31.4 Å². The minimum Gasteiger partial charge on any atom is -0.508 e. The van der Waals surface area contributed by atoms with Crippen molar-refractivity contribution in [3.05, 3.63) is 27.7 Å². The molecular weight excluding hydrogens is 301 g/mol. The summed E-state index contributed by atoms with van der Waals surface area (Å²) in [5.74, 6) is -1.06. The van der Waals surface area contributed by atoms with Gasteiger partial charge in [-0.15, -0.1) is 0 Å². The Hall–Kier alpha value is -0.970. The lowest BCUT2D eigenvalue weighted by molar-refractivity contribution is -0.143. The van der Waals surface area contributed by atoms with Gasteiger partial charge in [-0.25, -0.2) is 0 Å². The van der Waals surface area contributed by atoms with Crippen molar-refractivity contribution in [1.82, 2.24) is 4.90 Å². The van der Waals surface area contributed by atoms with Crippen molar-refractivity contribution >= 4 is 29.2 Å². The summed E-state index contributed by atoms with van der Waals surface area (Å²) in [5, 5.41) is 19.9. The molecule has 4 nitrogen and oxygen atoms in total. The van der Waals surface area contributed by atoms with Gasteiger partial charge < -0.3 is 10.2 Å². The summed E-state index contributed by atoms with van der Waals surface area (Å²) in [6.07, 6.45) is 1.51. The summed E-state index contributed by atoms with van der Waals surface area (Å²) in [7, 11) is 0. The van der Waals surface area contributed by atoms with Crippen LogP contribution in [0.5, 0.6) is 5.75 Å². The molecule has 0 aliphatic carbocycles. The SMILES string of the molecule is CC(c1c(O)ccc(Cl)c1Cl)N1CCC[C@@H](C(=O)O)C1. The number of hydrogen-bond acceptors (Lipinski definition) is 3. The number of aliphatic carboxylic acids is 1. The first-order valence-corrected chi connectivity index (χ1v) is 7.31. The highest BCUT2D eigenvalue weighted by Gasteiger charge is 2.30. The lowest BCUT2D eigenvalue weighted by Crippen LogP contribution is -2.40. The van der Waals surface area contributed by atoms with Crippen molar-refractivity contribution in [3.8, 4) is 5.75 Å². The topological polar surface area (TPSA) is 60.8 Å². The number of carboxylic acid groups (broad SMARTS) is 1. The number of carbonyl (C=O) groups is 1. The summed E-state index contributed by atoms with van der Waals surface area (Å²) in [6.45, 7) is 3.15. The summed E-state index contributed by atoms with van der Waals surface area (Å²) in [6, 6.07) is 2.88. The Kier molecular flexibility index (Phi) is 4.78. The lowest BCUT2D eigenvalue weighted by Gasteiger charge is -2.36. The van der Waals surface area contributed by atoms with Crippen LogP contribution in [0.3, 0.4) is 0 Å². The zero-order valence-electron chi connectivity index (χ0n) is 11.1. The normalized spacial score (nSPS) is 21.6. The van der Waals surface area contributed by atoms with Gasteiger partial charge >= 0.3 is 5.97 Å². The summed E-state index contributed by atoms with van der Waals surface area (Å²) in [5.41, 5.74) is 0.560. The fourth-order valence-electron chi connectivity index (χ4n) is 2.70. The number of piperidine rings is 1. The van der Waals surface area contributed by atoms with Crippen LogP contribution in [-0.4, -0.2) is 34.2 Å². The average Bonchev–Trinajstić information content (AvgIpc) is 2.43. The smallest absolute Gasteiger partial charge is 0.307 e. The standard InChI is InChI=1S/C14H17Cl2NO3/c1-8(12-11(18)5-4-10(15)13(12)16)17-6-2-3-9(7-17)14(19)20/h4-5,8-9,18H,2-3,6-7H2,1H3,(H,19,20)/t8?,9-/m1/s1. The van der Waals surface area contributed by atoms with E-state index in [1.54, 1.807) is 6.07 Å². The molecule has 0 aromatic heterocycles. The van der Waals surface area contributed by atoms with E-state index in [4.69, 9.17) is 28.3 Å². The third-order valence-corrected chi connectivity index (χ3v) is 4.70. The third kappa shape index (κ3) is 3.03. The molecule has 0 spiro atoms. The maximum Gasteiger partial charge on any atom is 0.307 e. The fourth-order valence-corrected chi connectivity index (χ4v) is 3.18. The molecule has 1 aliphatic heterocycles. The van der Waals surface area contributed by atoms with Gasteiger partial charge in [0.2, 0.25) is 0 Å². The number of benzene rings is 1. The summed E-state index contributed by atoms with van der Waals surface area (Å²) in [4.78, 5) is 13.2. The number of phenols is 1. The first kappa shape index (κ1) is 15.4. The van der Waals surface area contributed by atoms with Crippen molar-refractivity contribution in [3.63, 3.8) is 0 Å². The van der Waals surface area contributed by atoms with Gasteiger partial charge in [-0.05, 0) is 38.4 Å². The largest absolute Gasteiger partial charge is 0.508 e. The monoisotopic (exact) mass is 317 g/mol. The Balaban J connectivity index is 2.25. The van der Waals surface area contributed by atoms with Gasteiger partial charge in [0.15, 0.2) is 0 Å². The first-order chi connectivity index (χ1) is 9.41. The molecule has 6 heteroatoms. The molecule has 1 aromatic rings. The number of carboxylic acids is 1. The molecule has 0 amide bonds. The Labute approximate surface area is 127 Å². The van der Waals surface area contributed by atoms with Gasteiger partial charge in [0.25, 0.3) is 0 Å². The molecule has 2 atom stereocenters. The number of hydrogen-bond donors (Lipinski definition) is 2. The van der Waals surface area contributed by atoms with Crippen molar-refractivity contribution in [1.29, 1.82) is 0 Å². The van der Waals surface area contributed by atoms with Crippen LogP contribution >= 0.6 is 23.2 Å². The van der Waals surface area contributed by atoms with Crippen molar-refractivity contribution in [2.75, 3.05) is 13.1 Å². The molecule has 0 bridgehead atoms. The number of nitrogens with zero attached hydrogens (tertiary/aromatic N) is 1. The van der Waals surface area contributed by atoms with Crippen LogP contribution in [0.4, 0.5) is 0 Å². The molecule has 1 unspecified atom stereocenters. The predicted octanol–water partition coefficient (Wildman–Crippen LogP) is 3.56. The second-order valence-electron chi connectivity index (χ2n) is 5.14. The number of phenolic OH excluding ortho intramolecular Hbond substituents is 1. The first-order valence-electron chi connectivity index (χ1n) is 6.55. The average molecular weight is 318 g/mol. The van der Waals surface area contributed by atoms with E-state index >= 15 is 0 Å². The van der Waals surface area contributed by atoms with Crippen LogP contribution in [0.15, 0.2) is 12.1 Å². The van der Waals surface area contributed by atoms with Crippen LogP contribution in [0.25, 0.3) is 0 Å². The molecular formula is C14H17Cl2NO3. The number of rotatable bonds is 3. The van der Waals surface area contributed by atoms with Crippen molar-refractivity contribution in [2.45, 2.75) is 25.8 Å². The quantitative estimate of drug-likeness (QED) is 0.894. The van der Waals surface area contributed by atoms with E-state index in [0.29, 0.717) is 28.6 Å². The molecule has 0 radical (unpaired) electrons. The zero-order valence-corrected chi connectivity index (χ0v) is 12.7. The van der Waals surface area contributed by atoms with E-state index in [9.17, 15) is 9.90 Å². The molecule has 1 aliphatic rings. The Morgan fingerprint density at radius 1 is 1.45 bits per heavy atom. The lowest BCUT2D eigenvalue weighted by atomic mass is 9.95. The Bertz CT molecular complexity index is 521. The van der Waals surface area contributed by atoms with E-state index in [1.807, 2.05) is 11.8 Å². The number of likely N-dealkylation sites (tertiary alicyclic amines) is 1. The summed E-state index contributed by atoms with van der Waals surface area (Å²) >= 11 is 12.2. The Morgan fingerprint density at radius 3 is 2.80 bits per heavy atom. The molecule has 1 saturated heterocycles. The molecule has 1 heterocycles. The molecule has 20 heavy (non-hydrogen) atoms. The van der Waals surface area contributed by atoms with Gasteiger partial charge in [0.1, 0.15) is 5.75 Å². The number of halogens is 2. The van der Waals surface area contributed by atoms with E-state index in [-0.39, 0.29) is 17.7 Å². The maximum absolute atomic E-state index is 11.1. The second-order valence-corrected chi connectivity index (χ2v) is 5.93. The van der Waals surface area contributed by atoms with Crippen LogP contribution in [-0.2, 0) is 4.79 Å². The van der Waals surface area contributed by atoms with Gasteiger partial charge in [0.05, 0.1) is 16.0 Å². The minimum absolute atomic E-state index is 0.0874. The van der Waals surface area contributed by atoms with Gasteiger partial charge in [-0.1, -0.05) is 23.2 Å². The highest BCUT2D eigenvalue weighted by molar-refractivity contribution is 6.42. The molecule has 110 valence electrons. The van der Waals surface area contributed by atoms with Gasteiger partial charge in [-0.2, -0.15) is 0 Å². The highest BCUT2D eigenvalue weighted by Crippen LogP contribution is 2.39. The van der Waals surface area contributed by atoms with E-state index in [1.165, 1.54) is 6.07 Å². The van der Waals surface area contributed by atoms with E-state index < -0.39 is 5.97 Å². The van der Waals surface area contributed by atoms with Crippen LogP contribution in [0.2, 0.25) is 10.0 Å². The van der Waals surface area contributed by atoms with Crippen LogP contribution in [0, 0.1) is 5.92 Å². The maximum atomic E-state index is 11.1. The predicted molar refractivity (Wildman–Crippen MR) is 78.5 cm³/mol. The van der Waals surface area contributed by atoms with Crippen molar-refractivity contribution in [2.24, 2.45) is 5.92 Å².